The van der Waals surface area contributed by atoms with Crippen molar-refractivity contribution in [2.75, 3.05) is 19.7 Å². The van der Waals surface area contributed by atoms with Gasteiger partial charge in [0.05, 0.1) is 0 Å². The summed E-state index contributed by atoms with van der Waals surface area (Å²) in [4.78, 5) is 0. The van der Waals surface area contributed by atoms with Crippen LogP contribution in [0.1, 0.15) is 24.0 Å². The van der Waals surface area contributed by atoms with E-state index in [1.54, 1.807) is 0 Å². The molecular formula is C14H22N2O. The van der Waals surface area contributed by atoms with Crippen LogP contribution in [0.2, 0.25) is 0 Å². The first-order chi connectivity index (χ1) is 8.29. The molecule has 0 spiro atoms. The first-order valence-corrected chi connectivity index (χ1v) is 6.42. The molecule has 4 N–H and O–H groups in total. The van der Waals surface area contributed by atoms with Gasteiger partial charge >= 0.3 is 0 Å². The molecule has 2 rings (SSSR count). The van der Waals surface area contributed by atoms with E-state index in [9.17, 15) is 0 Å². The summed E-state index contributed by atoms with van der Waals surface area (Å²) in [6.07, 6.45) is 3.92. The number of hydrogen-bond donors (Lipinski definition) is 3. The van der Waals surface area contributed by atoms with Crippen molar-refractivity contribution in [3.8, 4) is 0 Å². The Labute approximate surface area is 103 Å². The quantitative estimate of drug-likeness (QED) is 0.639. The van der Waals surface area contributed by atoms with Crippen LogP contribution in [0.5, 0.6) is 0 Å². The minimum Gasteiger partial charge on any atom is -0.396 e. The van der Waals surface area contributed by atoms with Crippen molar-refractivity contribution in [2.24, 2.45) is 5.73 Å². The van der Waals surface area contributed by atoms with E-state index in [1.165, 1.54) is 11.1 Å². The highest BCUT2D eigenvalue weighted by Gasteiger charge is 2.34. The molecule has 1 aliphatic carbocycles. The molecule has 0 bridgehead atoms. The topological polar surface area (TPSA) is 58.3 Å². The molecular weight excluding hydrogens is 212 g/mol. The third-order valence-electron chi connectivity index (χ3n) is 3.65. The molecule has 94 valence electrons. The third-order valence-corrected chi connectivity index (χ3v) is 3.65. The fraction of sp³-hybridized carbons (Fsp3) is 0.571. The average Bonchev–Trinajstić information content (AvgIpc) is 2.74. The number of unbranched alkanes of at least 4 members (excludes halogenated alkanes) is 1. The van der Waals surface area contributed by atoms with Crippen molar-refractivity contribution in [1.82, 2.24) is 5.32 Å². The van der Waals surface area contributed by atoms with Crippen LogP contribution in [0.3, 0.4) is 0 Å². The predicted octanol–water partition coefficient (Wildman–Crippen LogP) is 0.845. The zero-order chi connectivity index (χ0) is 12.1. The van der Waals surface area contributed by atoms with Gasteiger partial charge in [-0.25, -0.2) is 0 Å². The molecule has 0 aliphatic heterocycles. The normalized spacial score (nSPS) is 17.1. The van der Waals surface area contributed by atoms with Crippen molar-refractivity contribution >= 4 is 0 Å². The third kappa shape index (κ3) is 2.86. The summed E-state index contributed by atoms with van der Waals surface area (Å²) in [7, 11) is 0. The molecule has 1 aliphatic rings. The zero-order valence-corrected chi connectivity index (χ0v) is 10.3. The molecule has 0 fully saturated rings. The van der Waals surface area contributed by atoms with Gasteiger partial charge in [-0.3, -0.25) is 0 Å². The number of aliphatic hydroxyl groups is 1. The summed E-state index contributed by atoms with van der Waals surface area (Å²) in [6.45, 7) is 1.88. The van der Waals surface area contributed by atoms with Gasteiger partial charge in [0.15, 0.2) is 0 Å². The van der Waals surface area contributed by atoms with Gasteiger partial charge in [-0.2, -0.15) is 0 Å². The Morgan fingerprint density at radius 2 is 1.82 bits per heavy atom. The second kappa shape index (κ2) is 5.63. The Bertz CT molecular complexity index is 340. The number of nitrogens with one attached hydrogen (secondary N) is 1. The van der Waals surface area contributed by atoms with E-state index in [2.05, 4.69) is 29.6 Å². The van der Waals surface area contributed by atoms with Crippen molar-refractivity contribution < 1.29 is 5.11 Å². The van der Waals surface area contributed by atoms with Gasteiger partial charge in [-0.15, -0.1) is 0 Å². The maximum atomic E-state index is 8.77. The molecule has 3 heteroatoms. The lowest BCUT2D eigenvalue weighted by Gasteiger charge is -2.29. The molecule has 0 saturated carbocycles. The number of hydrogen-bond acceptors (Lipinski definition) is 3. The summed E-state index contributed by atoms with van der Waals surface area (Å²) < 4.78 is 0. The van der Waals surface area contributed by atoms with Crippen LogP contribution in [-0.4, -0.2) is 30.3 Å². The smallest absolute Gasteiger partial charge is 0.0431 e. The fourth-order valence-corrected chi connectivity index (χ4v) is 2.63. The molecule has 0 amide bonds. The van der Waals surface area contributed by atoms with Crippen LogP contribution in [0.25, 0.3) is 0 Å². The average molecular weight is 234 g/mol. The van der Waals surface area contributed by atoms with E-state index in [-0.39, 0.29) is 12.1 Å². The SMILES string of the molecule is NCC1(NCCCCO)Cc2ccccc2C1. The second-order valence-corrected chi connectivity index (χ2v) is 4.96. The highest BCUT2D eigenvalue weighted by atomic mass is 16.2. The van der Waals surface area contributed by atoms with Gasteiger partial charge in [0, 0.05) is 18.7 Å². The van der Waals surface area contributed by atoms with Crippen LogP contribution < -0.4 is 11.1 Å². The summed E-state index contributed by atoms with van der Waals surface area (Å²) in [5.41, 5.74) is 8.84. The van der Waals surface area contributed by atoms with Crippen LogP contribution in [0, 0.1) is 0 Å². The van der Waals surface area contributed by atoms with Gasteiger partial charge in [0.2, 0.25) is 0 Å². The standard InChI is InChI=1S/C14H22N2O/c15-11-14(16-7-3-4-8-17)9-12-5-1-2-6-13(12)10-14/h1-2,5-6,16-17H,3-4,7-11,15H2. The van der Waals surface area contributed by atoms with E-state index in [4.69, 9.17) is 10.8 Å². The van der Waals surface area contributed by atoms with E-state index in [0.29, 0.717) is 6.54 Å². The molecule has 3 nitrogen and oxygen atoms in total. The Morgan fingerprint density at radius 1 is 1.18 bits per heavy atom. The Balaban J connectivity index is 1.95. The number of nitrogens with two attached hydrogens (primary N) is 1. The highest BCUT2D eigenvalue weighted by Crippen LogP contribution is 2.29. The highest BCUT2D eigenvalue weighted by molar-refractivity contribution is 5.36. The monoisotopic (exact) mass is 234 g/mol. The summed E-state index contributed by atoms with van der Waals surface area (Å²) in [6, 6.07) is 8.58. The molecule has 0 radical (unpaired) electrons. The van der Waals surface area contributed by atoms with Crippen LogP contribution >= 0.6 is 0 Å². The molecule has 1 aromatic carbocycles. The second-order valence-electron chi connectivity index (χ2n) is 4.96. The fourth-order valence-electron chi connectivity index (χ4n) is 2.63. The summed E-state index contributed by atoms with van der Waals surface area (Å²) in [5.74, 6) is 0. The minimum atomic E-state index is 0.0408. The number of aliphatic hydroxyl groups excluding tert-OH is 1. The lowest BCUT2D eigenvalue weighted by molar-refractivity contribution is 0.276. The number of fused-ring (bicyclic) bond motifs is 1. The van der Waals surface area contributed by atoms with E-state index < -0.39 is 0 Å². The molecule has 0 heterocycles. The van der Waals surface area contributed by atoms with Gasteiger partial charge in [0.1, 0.15) is 0 Å². The van der Waals surface area contributed by atoms with Gasteiger partial charge in [-0.05, 0) is 43.4 Å². The van der Waals surface area contributed by atoms with Crippen molar-refractivity contribution in [2.45, 2.75) is 31.2 Å². The maximum absolute atomic E-state index is 8.77. The Kier molecular flexibility index (Phi) is 4.15. The zero-order valence-electron chi connectivity index (χ0n) is 10.3. The van der Waals surface area contributed by atoms with Crippen molar-refractivity contribution in [3.05, 3.63) is 35.4 Å². The minimum absolute atomic E-state index is 0.0408. The summed E-state index contributed by atoms with van der Waals surface area (Å²) >= 11 is 0. The van der Waals surface area contributed by atoms with Gasteiger partial charge in [-0.1, -0.05) is 24.3 Å². The molecule has 0 saturated heterocycles. The maximum Gasteiger partial charge on any atom is 0.0431 e. The van der Waals surface area contributed by atoms with E-state index >= 15 is 0 Å². The molecule has 0 aromatic heterocycles. The lowest BCUT2D eigenvalue weighted by atomic mass is 9.95. The molecule has 0 unspecified atom stereocenters. The van der Waals surface area contributed by atoms with Crippen molar-refractivity contribution in [1.29, 1.82) is 0 Å². The van der Waals surface area contributed by atoms with Crippen LogP contribution in [0.15, 0.2) is 24.3 Å². The van der Waals surface area contributed by atoms with Gasteiger partial charge in [0.25, 0.3) is 0 Å². The van der Waals surface area contributed by atoms with E-state index in [0.717, 1.165) is 32.2 Å². The van der Waals surface area contributed by atoms with Crippen molar-refractivity contribution in [3.63, 3.8) is 0 Å². The Hall–Kier alpha value is -0.900. The predicted molar refractivity (Wildman–Crippen MR) is 70.0 cm³/mol. The molecule has 17 heavy (non-hydrogen) atoms. The van der Waals surface area contributed by atoms with Crippen LogP contribution in [0.4, 0.5) is 0 Å². The Morgan fingerprint density at radius 3 is 2.35 bits per heavy atom. The van der Waals surface area contributed by atoms with Gasteiger partial charge < -0.3 is 16.2 Å². The first-order valence-electron chi connectivity index (χ1n) is 6.42. The largest absolute Gasteiger partial charge is 0.396 e. The number of benzene rings is 1. The molecule has 1 aromatic rings. The molecule has 0 atom stereocenters. The lowest BCUT2D eigenvalue weighted by Crippen LogP contribution is -2.52. The number of rotatable bonds is 6. The van der Waals surface area contributed by atoms with Crippen LogP contribution in [-0.2, 0) is 12.8 Å². The summed E-state index contributed by atoms with van der Waals surface area (Å²) in [5, 5.41) is 12.4. The van der Waals surface area contributed by atoms with E-state index in [1.807, 2.05) is 0 Å². The first kappa shape index (κ1) is 12.6.